The standard InChI is InChI=1S/C17H25N3O2/c1-12(2)9-19(10-13(3)4)11-14-6-5-7-20-16(14)15(8-18-20)17(21)22/h5-8,12-13H,9-11H2,1-4H3,(H,21,22). The van der Waals surface area contributed by atoms with Crippen LogP contribution < -0.4 is 0 Å². The number of rotatable bonds is 7. The van der Waals surface area contributed by atoms with Gasteiger partial charge >= 0.3 is 5.97 Å². The molecular weight excluding hydrogens is 278 g/mol. The molecule has 0 spiro atoms. The second kappa shape index (κ2) is 6.92. The van der Waals surface area contributed by atoms with E-state index in [0.29, 0.717) is 17.4 Å². The Morgan fingerprint density at radius 2 is 1.91 bits per heavy atom. The summed E-state index contributed by atoms with van der Waals surface area (Å²) in [6, 6.07) is 3.92. The highest BCUT2D eigenvalue weighted by molar-refractivity contribution is 5.96. The average molecular weight is 303 g/mol. The number of nitrogens with zero attached hydrogens (tertiary/aromatic N) is 3. The van der Waals surface area contributed by atoms with Crippen LogP contribution in [0.25, 0.3) is 5.52 Å². The van der Waals surface area contributed by atoms with E-state index in [1.54, 1.807) is 10.7 Å². The first kappa shape index (κ1) is 16.5. The minimum absolute atomic E-state index is 0.268. The van der Waals surface area contributed by atoms with E-state index in [0.717, 1.165) is 25.2 Å². The Bertz CT molecular complexity index is 636. The maximum atomic E-state index is 11.4. The fraction of sp³-hybridized carbons (Fsp3) is 0.529. The molecule has 0 bridgehead atoms. The topological polar surface area (TPSA) is 57.8 Å². The summed E-state index contributed by atoms with van der Waals surface area (Å²) in [7, 11) is 0. The van der Waals surface area contributed by atoms with Crippen LogP contribution in [0.1, 0.15) is 43.6 Å². The van der Waals surface area contributed by atoms with Crippen LogP contribution in [0.5, 0.6) is 0 Å². The fourth-order valence-corrected chi connectivity index (χ4v) is 2.88. The summed E-state index contributed by atoms with van der Waals surface area (Å²) in [5, 5.41) is 13.5. The maximum Gasteiger partial charge on any atom is 0.339 e. The average Bonchev–Trinajstić information content (AvgIpc) is 2.82. The van der Waals surface area contributed by atoms with Gasteiger partial charge in [-0.1, -0.05) is 33.8 Å². The Kier molecular flexibility index (Phi) is 5.19. The number of hydrogen-bond donors (Lipinski definition) is 1. The molecule has 5 heteroatoms. The van der Waals surface area contributed by atoms with Gasteiger partial charge in [0.25, 0.3) is 0 Å². The van der Waals surface area contributed by atoms with E-state index in [2.05, 4.69) is 37.7 Å². The Hall–Kier alpha value is -1.88. The van der Waals surface area contributed by atoms with Crippen LogP contribution >= 0.6 is 0 Å². The van der Waals surface area contributed by atoms with E-state index in [1.807, 2.05) is 12.1 Å². The van der Waals surface area contributed by atoms with Gasteiger partial charge in [0, 0.05) is 25.8 Å². The lowest BCUT2D eigenvalue weighted by molar-refractivity contribution is 0.0699. The van der Waals surface area contributed by atoms with Gasteiger partial charge in [-0.05, 0) is 23.5 Å². The van der Waals surface area contributed by atoms with E-state index in [1.165, 1.54) is 6.20 Å². The maximum absolute atomic E-state index is 11.4. The van der Waals surface area contributed by atoms with Crippen LogP contribution in [0.4, 0.5) is 0 Å². The minimum atomic E-state index is -0.929. The molecule has 2 aromatic rings. The highest BCUT2D eigenvalue weighted by Gasteiger charge is 2.17. The number of fused-ring (bicyclic) bond motifs is 1. The van der Waals surface area contributed by atoms with Gasteiger partial charge in [0.2, 0.25) is 0 Å². The molecule has 22 heavy (non-hydrogen) atoms. The summed E-state index contributed by atoms with van der Waals surface area (Å²) in [5.74, 6) is 0.214. The highest BCUT2D eigenvalue weighted by Crippen LogP contribution is 2.19. The van der Waals surface area contributed by atoms with Crippen molar-refractivity contribution in [2.45, 2.75) is 34.2 Å². The zero-order valence-corrected chi connectivity index (χ0v) is 13.8. The zero-order chi connectivity index (χ0) is 16.3. The molecule has 0 aromatic carbocycles. The van der Waals surface area contributed by atoms with Gasteiger partial charge in [-0.15, -0.1) is 0 Å². The number of aromatic carboxylic acids is 1. The third-order valence-corrected chi connectivity index (χ3v) is 3.50. The largest absolute Gasteiger partial charge is 0.478 e. The van der Waals surface area contributed by atoms with Gasteiger partial charge in [-0.25, -0.2) is 9.31 Å². The first-order chi connectivity index (χ1) is 10.4. The van der Waals surface area contributed by atoms with Gasteiger partial charge in [-0.2, -0.15) is 5.10 Å². The number of hydrogen-bond acceptors (Lipinski definition) is 3. The predicted molar refractivity (Wildman–Crippen MR) is 87.1 cm³/mol. The van der Waals surface area contributed by atoms with Crippen molar-refractivity contribution >= 4 is 11.5 Å². The fourth-order valence-electron chi connectivity index (χ4n) is 2.88. The lowest BCUT2D eigenvalue weighted by atomic mass is 10.1. The number of carboxylic acid groups (broad SMARTS) is 1. The first-order valence-corrected chi connectivity index (χ1v) is 7.79. The van der Waals surface area contributed by atoms with Crippen LogP contribution in [-0.4, -0.2) is 38.7 Å². The van der Waals surface area contributed by atoms with Gasteiger partial charge < -0.3 is 5.11 Å². The van der Waals surface area contributed by atoms with Crippen LogP contribution in [0.3, 0.4) is 0 Å². The number of carbonyl (C=O) groups is 1. The Balaban J connectivity index is 2.35. The molecule has 0 aliphatic carbocycles. The molecule has 5 nitrogen and oxygen atoms in total. The molecule has 2 rings (SSSR count). The van der Waals surface area contributed by atoms with E-state index in [9.17, 15) is 9.90 Å². The smallest absolute Gasteiger partial charge is 0.339 e. The Morgan fingerprint density at radius 3 is 2.45 bits per heavy atom. The second-order valence-corrected chi connectivity index (χ2v) is 6.67. The van der Waals surface area contributed by atoms with Crippen LogP contribution in [0, 0.1) is 11.8 Å². The first-order valence-electron chi connectivity index (χ1n) is 7.79. The molecule has 0 atom stereocenters. The normalized spacial score (nSPS) is 12.0. The molecule has 0 aliphatic heterocycles. The van der Waals surface area contributed by atoms with Crippen molar-refractivity contribution in [1.29, 1.82) is 0 Å². The third-order valence-electron chi connectivity index (χ3n) is 3.50. The highest BCUT2D eigenvalue weighted by atomic mass is 16.4. The number of aromatic nitrogens is 2. The second-order valence-electron chi connectivity index (χ2n) is 6.67. The Morgan fingerprint density at radius 1 is 1.27 bits per heavy atom. The van der Waals surface area contributed by atoms with E-state index >= 15 is 0 Å². The molecule has 2 heterocycles. The molecule has 0 radical (unpaired) electrons. The number of pyridine rings is 1. The van der Waals surface area contributed by atoms with Crippen molar-refractivity contribution in [3.05, 3.63) is 35.7 Å². The molecule has 0 unspecified atom stereocenters. The zero-order valence-electron chi connectivity index (χ0n) is 13.8. The van der Waals surface area contributed by atoms with Crippen molar-refractivity contribution in [2.24, 2.45) is 11.8 Å². The quantitative estimate of drug-likeness (QED) is 0.853. The molecule has 0 fully saturated rings. The Labute approximate surface area is 131 Å². The molecule has 1 N–H and O–H groups in total. The van der Waals surface area contributed by atoms with Crippen molar-refractivity contribution < 1.29 is 9.90 Å². The SMILES string of the molecule is CC(C)CN(Cc1cccn2ncc(C(=O)O)c12)CC(C)C. The van der Waals surface area contributed by atoms with E-state index in [4.69, 9.17) is 0 Å². The van der Waals surface area contributed by atoms with Crippen LogP contribution in [-0.2, 0) is 6.54 Å². The molecule has 2 aromatic heterocycles. The van der Waals surface area contributed by atoms with Gasteiger partial charge in [0.05, 0.1) is 11.7 Å². The molecule has 0 amide bonds. The van der Waals surface area contributed by atoms with Crippen molar-refractivity contribution in [1.82, 2.24) is 14.5 Å². The van der Waals surface area contributed by atoms with Crippen molar-refractivity contribution in [2.75, 3.05) is 13.1 Å². The molecule has 0 saturated carbocycles. The summed E-state index contributed by atoms with van der Waals surface area (Å²) < 4.78 is 1.65. The molecular formula is C17H25N3O2. The van der Waals surface area contributed by atoms with Gasteiger partial charge in [0.1, 0.15) is 5.56 Å². The van der Waals surface area contributed by atoms with Gasteiger partial charge in [0.15, 0.2) is 0 Å². The molecule has 0 aliphatic rings. The summed E-state index contributed by atoms with van der Waals surface area (Å²) in [6.45, 7) is 11.5. The van der Waals surface area contributed by atoms with Crippen LogP contribution in [0.15, 0.2) is 24.5 Å². The number of carboxylic acids is 1. The summed E-state index contributed by atoms with van der Waals surface area (Å²) >= 11 is 0. The monoisotopic (exact) mass is 303 g/mol. The molecule has 0 saturated heterocycles. The summed E-state index contributed by atoms with van der Waals surface area (Å²) in [4.78, 5) is 13.8. The summed E-state index contributed by atoms with van der Waals surface area (Å²) in [6.07, 6.45) is 3.22. The van der Waals surface area contributed by atoms with E-state index in [-0.39, 0.29) is 5.56 Å². The van der Waals surface area contributed by atoms with E-state index < -0.39 is 5.97 Å². The molecule has 120 valence electrons. The third kappa shape index (κ3) is 3.85. The predicted octanol–water partition coefficient (Wildman–Crippen LogP) is 3.15. The lowest BCUT2D eigenvalue weighted by Crippen LogP contribution is -2.31. The summed E-state index contributed by atoms with van der Waals surface area (Å²) in [5.41, 5.74) is 1.98. The van der Waals surface area contributed by atoms with Crippen LogP contribution in [0.2, 0.25) is 0 Å². The van der Waals surface area contributed by atoms with Crippen molar-refractivity contribution in [3.63, 3.8) is 0 Å². The van der Waals surface area contributed by atoms with Crippen molar-refractivity contribution in [3.8, 4) is 0 Å². The van der Waals surface area contributed by atoms with Gasteiger partial charge in [-0.3, -0.25) is 4.90 Å². The minimum Gasteiger partial charge on any atom is -0.478 e. The lowest BCUT2D eigenvalue weighted by Gasteiger charge is -2.26.